The van der Waals surface area contributed by atoms with Crippen LogP contribution in [0.1, 0.15) is 51.8 Å². The summed E-state index contributed by atoms with van der Waals surface area (Å²) in [6.45, 7) is 13.4. The first-order chi connectivity index (χ1) is 16.9. The largest absolute Gasteiger partial charge is 0.444 e. The lowest BCUT2D eigenvalue weighted by molar-refractivity contribution is 0.0240. The van der Waals surface area contributed by atoms with Crippen LogP contribution in [-0.4, -0.2) is 52.3 Å². The number of pyridine rings is 2. The van der Waals surface area contributed by atoms with Gasteiger partial charge in [0.1, 0.15) is 11.4 Å². The van der Waals surface area contributed by atoms with Crippen molar-refractivity contribution in [3.8, 4) is 5.69 Å². The van der Waals surface area contributed by atoms with Gasteiger partial charge >= 0.3 is 6.09 Å². The van der Waals surface area contributed by atoms with E-state index < -0.39 is 11.4 Å². The second-order valence-corrected chi connectivity index (χ2v) is 11.3. The molecule has 36 heavy (non-hydrogen) atoms. The van der Waals surface area contributed by atoms with Gasteiger partial charge in [0.05, 0.1) is 27.1 Å². The van der Waals surface area contributed by atoms with Crippen LogP contribution in [0, 0.1) is 12.7 Å². The predicted octanol–water partition coefficient (Wildman–Crippen LogP) is 5.78. The summed E-state index contributed by atoms with van der Waals surface area (Å²) in [6.07, 6.45) is 1.39. The third-order valence-electron chi connectivity index (χ3n) is 6.23. The van der Waals surface area contributed by atoms with E-state index in [2.05, 4.69) is 20.9 Å². The van der Waals surface area contributed by atoms with E-state index >= 15 is 0 Å². The van der Waals surface area contributed by atoms with Gasteiger partial charge in [0.2, 0.25) is 0 Å². The lowest BCUT2D eigenvalue weighted by Gasteiger charge is -2.37. The van der Waals surface area contributed by atoms with Crippen molar-refractivity contribution in [3.63, 3.8) is 0 Å². The van der Waals surface area contributed by atoms with Crippen LogP contribution in [0.25, 0.3) is 16.6 Å². The molecule has 0 spiro atoms. The molecule has 3 heterocycles. The fraction of sp³-hybridized carbons (Fsp3) is 0.444. The number of aromatic nitrogens is 2. The molecule has 0 radical (unpaired) electrons. The molecule has 1 aromatic carbocycles. The third-order valence-corrected chi connectivity index (χ3v) is 6.84. The molecule has 1 aliphatic rings. The Hall–Kier alpha value is -2.94. The predicted molar refractivity (Wildman–Crippen MR) is 144 cm³/mol. The van der Waals surface area contributed by atoms with Gasteiger partial charge in [-0.15, -0.1) is 0 Å². The lowest BCUT2D eigenvalue weighted by Crippen LogP contribution is -2.50. The van der Waals surface area contributed by atoms with Crippen molar-refractivity contribution in [1.29, 1.82) is 0 Å². The summed E-state index contributed by atoms with van der Waals surface area (Å²) >= 11 is 3.30. The molecule has 9 heteroatoms. The van der Waals surface area contributed by atoms with Crippen LogP contribution in [0.3, 0.4) is 0 Å². The number of fused-ring (bicyclic) bond motifs is 1. The van der Waals surface area contributed by atoms with E-state index in [1.807, 2.05) is 52.5 Å². The Bertz CT molecular complexity index is 1370. The Morgan fingerprint density at radius 2 is 1.81 bits per heavy atom. The second-order valence-electron chi connectivity index (χ2n) is 10.5. The zero-order valence-electron chi connectivity index (χ0n) is 21.6. The number of hydrogen-bond donors (Lipinski definition) is 0. The van der Waals surface area contributed by atoms with Gasteiger partial charge in [0.15, 0.2) is 0 Å². The highest BCUT2D eigenvalue weighted by Gasteiger charge is 2.28. The molecule has 4 rings (SSSR count). The second kappa shape index (κ2) is 9.84. The number of benzene rings is 1. The van der Waals surface area contributed by atoms with Crippen LogP contribution >= 0.6 is 15.9 Å². The van der Waals surface area contributed by atoms with E-state index in [1.165, 1.54) is 6.07 Å². The number of carbonyl (C=O) groups is 1. The molecule has 1 saturated heterocycles. The number of amides is 1. The maximum Gasteiger partial charge on any atom is 0.410 e. The van der Waals surface area contributed by atoms with Crippen molar-refractivity contribution in [2.45, 2.75) is 53.1 Å². The van der Waals surface area contributed by atoms with E-state index in [-0.39, 0.29) is 22.0 Å². The summed E-state index contributed by atoms with van der Waals surface area (Å²) in [5, 5.41) is 0.624. The Balaban J connectivity index is 1.81. The van der Waals surface area contributed by atoms with Crippen LogP contribution in [0.15, 0.2) is 39.7 Å². The number of carbonyl (C=O) groups excluding carboxylic acids is 1. The highest BCUT2D eigenvalue weighted by Crippen LogP contribution is 2.34. The Morgan fingerprint density at radius 3 is 2.42 bits per heavy atom. The van der Waals surface area contributed by atoms with Crippen LogP contribution in [0.5, 0.6) is 0 Å². The molecular weight excluding hydrogens is 527 g/mol. The minimum atomic E-state index is -0.570. The summed E-state index contributed by atoms with van der Waals surface area (Å²) in [7, 11) is 0. The maximum absolute atomic E-state index is 14.8. The molecule has 192 valence electrons. The maximum atomic E-state index is 14.8. The molecule has 0 bridgehead atoms. The highest BCUT2D eigenvalue weighted by atomic mass is 79.9. The fourth-order valence-corrected chi connectivity index (χ4v) is 4.87. The summed E-state index contributed by atoms with van der Waals surface area (Å²) in [5.41, 5.74) is 2.89. The fourth-order valence-electron chi connectivity index (χ4n) is 4.54. The summed E-state index contributed by atoms with van der Waals surface area (Å²) in [4.78, 5) is 34.4. The number of hydrogen-bond acceptors (Lipinski definition) is 5. The minimum Gasteiger partial charge on any atom is -0.444 e. The number of rotatable bonds is 3. The van der Waals surface area contributed by atoms with Crippen molar-refractivity contribution in [2.24, 2.45) is 0 Å². The van der Waals surface area contributed by atoms with Gasteiger partial charge < -0.3 is 14.5 Å². The summed E-state index contributed by atoms with van der Waals surface area (Å²) in [5.74, 6) is -0.320. The minimum absolute atomic E-state index is 0.0892. The van der Waals surface area contributed by atoms with Crippen molar-refractivity contribution >= 4 is 38.6 Å². The average molecular weight is 559 g/mol. The van der Waals surface area contributed by atoms with Crippen molar-refractivity contribution in [3.05, 3.63) is 62.4 Å². The summed E-state index contributed by atoms with van der Waals surface area (Å²) < 4.78 is 22.2. The average Bonchev–Trinajstić information content (AvgIpc) is 2.79. The van der Waals surface area contributed by atoms with Crippen molar-refractivity contribution < 1.29 is 13.9 Å². The lowest BCUT2D eigenvalue weighted by atomic mass is 10.0. The molecule has 0 N–H and O–H groups in total. The van der Waals surface area contributed by atoms with E-state index in [9.17, 15) is 14.0 Å². The van der Waals surface area contributed by atoms with Gasteiger partial charge in [0, 0.05) is 43.8 Å². The van der Waals surface area contributed by atoms with Crippen molar-refractivity contribution in [2.75, 3.05) is 31.1 Å². The smallest absolute Gasteiger partial charge is 0.410 e. The van der Waals surface area contributed by atoms with Gasteiger partial charge in [-0.1, -0.05) is 13.8 Å². The molecule has 7 nitrogen and oxygen atoms in total. The zero-order valence-corrected chi connectivity index (χ0v) is 23.1. The van der Waals surface area contributed by atoms with Crippen LogP contribution in [0.2, 0.25) is 0 Å². The topological polar surface area (TPSA) is 67.7 Å². The number of piperazine rings is 1. The van der Waals surface area contributed by atoms with E-state index in [0.717, 1.165) is 16.9 Å². The first kappa shape index (κ1) is 26.1. The van der Waals surface area contributed by atoms with Gasteiger partial charge in [-0.3, -0.25) is 14.3 Å². The van der Waals surface area contributed by atoms with E-state index in [4.69, 9.17) is 4.74 Å². The van der Waals surface area contributed by atoms with Crippen LogP contribution in [0.4, 0.5) is 14.9 Å². The standard InChI is InChI=1S/C27H32BrFN4O3/c1-16(2)24-25(17(3)7-8-30-24)33-22-14-19(28)20(29)13-18(22)21(15-23(33)34)31-9-11-32(12-10-31)26(35)36-27(4,5)6/h7-8,13-16H,9-12H2,1-6H3. The quantitative estimate of drug-likeness (QED) is 0.407. The molecule has 1 amide bonds. The first-order valence-electron chi connectivity index (χ1n) is 12.1. The van der Waals surface area contributed by atoms with Gasteiger partial charge in [-0.2, -0.15) is 0 Å². The molecule has 2 aromatic heterocycles. The van der Waals surface area contributed by atoms with Crippen molar-refractivity contribution in [1.82, 2.24) is 14.5 Å². The van der Waals surface area contributed by atoms with Crippen LogP contribution < -0.4 is 10.5 Å². The zero-order chi connectivity index (χ0) is 26.4. The normalized spacial score (nSPS) is 14.6. The molecule has 0 saturated carbocycles. The van der Waals surface area contributed by atoms with Gasteiger partial charge in [0.25, 0.3) is 5.56 Å². The number of ether oxygens (including phenoxy) is 1. The number of halogens is 2. The molecular formula is C27H32BrFN4O3. The Kier molecular flexibility index (Phi) is 7.14. The number of anilines is 1. The molecule has 0 unspecified atom stereocenters. The van der Waals surface area contributed by atoms with E-state index in [1.54, 1.807) is 27.8 Å². The third kappa shape index (κ3) is 5.12. The molecule has 0 aliphatic carbocycles. The Labute approximate surface area is 219 Å². The SMILES string of the molecule is Cc1ccnc(C(C)C)c1-n1c(=O)cc(N2CCN(C(=O)OC(C)(C)C)CC2)c2cc(F)c(Br)cc21. The molecule has 1 aliphatic heterocycles. The van der Waals surface area contributed by atoms with Gasteiger partial charge in [-0.05, 0) is 73.3 Å². The first-order valence-corrected chi connectivity index (χ1v) is 12.9. The number of nitrogens with zero attached hydrogens (tertiary/aromatic N) is 4. The number of aryl methyl sites for hydroxylation is 1. The van der Waals surface area contributed by atoms with Gasteiger partial charge in [-0.25, -0.2) is 9.18 Å². The molecule has 3 aromatic rings. The summed E-state index contributed by atoms with van der Waals surface area (Å²) in [6, 6.07) is 6.56. The van der Waals surface area contributed by atoms with Crippen LogP contribution in [-0.2, 0) is 4.74 Å². The Morgan fingerprint density at radius 1 is 1.14 bits per heavy atom. The molecule has 1 fully saturated rings. The highest BCUT2D eigenvalue weighted by molar-refractivity contribution is 9.10. The monoisotopic (exact) mass is 558 g/mol. The molecule has 0 atom stereocenters. The van der Waals surface area contributed by atoms with E-state index in [0.29, 0.717) is 42.8 Å².